The summed E-state index contributed by atoms with van der Waals surface area (Å²) in [6.45, 7) is 4.68. The third kappa shape index (κ3) is 3.11. The first kappa shape index (κ1) is 15.3. The van der Waals surface area contributed by atoms with Gasteiger partial charge in [-0.05, 0) is 24.6 Å². The number of piperazine rings is 1. The van der Waals surface area contributed by atoms with Gasteiger partial charge < -0.3 is 14.5 Å². The highest BCUT2D eigenvalue weighted by molar-refractivity contribution is 5.98. The van der Waals surface area contributed by atoms with Gasteiger partial charge in [0.25, 0.3) is 5.91 Å². The number of rotatable bonds is 3. The van der Waals surface area contributed by atoms with Crippen LogP contribution in [0.1, 0.15) is 15.9 Å². The van der Waals surface area contributed by atoms with E-state index in [0.29, 0.717) is 30.4 Å². The van der Waals surface area contributed by atoms with Crippen LogP contribution >= 0.6 is 0 Å². The molecule has 0 radical (unpaired) electrons. The first-order chi connectivity index (χ1) is 11.2. The summed E-state index contributed by atoms with van der Waals surface area (Å²) < 4.78 is 5.35. The van der Waals surface area contributed by atoms with Crippen LogP contribution in [0.15, 0.2) is 36.7 Å². The maximum Gasteiger partial charge on any atom is 0.258 e. The Balaban J connectivity index is 1.72. The minimum absolute atomic E-state index is 0.0218. The number of hydrogen-bond acceptors (Lipinski definition) is 5. The number of methoxy groups -OCH3 is 1. The number of ether oxygens (including phenoxy) is 1. The second kappa shape index (κ2) is 6.64. The molecule has 0 spiro atoms. The zero-order valence-corrected chi connectivity index (χ0v) is 13.4. The molecule has 1 amide bonds. The number of hydrogen-bond donors (Lipinski definition) is 0. The lowest BCUT2D eigenvalue weighted by Crippen LogP contribution is -2.49. The molecule has 1 saturated heterocycles. The molecule has 0 saturated carbocycles. The second-order valence-corrected chi connectivity index (χ2v) is 5.48. The number of nitrogens with zero attached hydrogens (tertiary/aromatic N) is 4. The highest BCUT2D eigenvalue weighted by Gasteiger charge is 2.26. The van der Waals surface area contributed by atoms with Crippen molar-refractivity contribution in [2.45, 2.75) is 6.92 Å². The van der Waals surface area contributed by atoms with Gasteiger partial charge in [0.15, 0.2) is 0 Å². The standard InChI is InChI=1S/C17H20N4O2/c1-13-5-3-6-14(23-2)15(13)16(22)20-9-11-21(12-10-20)17-18-7-4-8-19-17/h3-8H,9-12H2,1-2H3. The molecular formula is C17H20N4O2. The van der Waals surface area contributed by atoms with Crippen molar-refractivity contribution in [3.8, 4) is 5.75 Å². The lowest BCUT2D eigenvalue weighted by molar-refractivity contribution is 0.0742. The van der Waals surface area contributed by atoms with E-state index in [2.05, 4.69) is 14.9 Å². The zero-order chi connectivity index (χ0) is 16.2. The van der Waals surface area contributed by atoms with Gasteiger partial charge in [0, 0.05) is 38.6 Å². The van der Waals surface area contributed by atoms with E-state index in [4.69, 9.17) is 4.74 Å². The first-order valence-electron chi connectivity index (χ1n) is 7.65. The Kier molecular flexibility index (Phi) is 4.41. The van der Waals surface area contributed by atoms with Gasteiger partial charge in [0.05, 0.1) is 12.7 Å². The fourth-order valence-electron chi connectivity index (χ4n) is 2.81. The van der Waals surface area contributed by atoms with Crippen molar-refractivity contribution in [2.24, 2.45) is 0 Å². The Morgan fingerprint density at radius 2 is 1.78 bits per heavy atom. The normalized spacial score (nSPS) is 14.7. The Hall–Kier alpha value is -2.63. The monoisotopic (exact) mass is 312 g/mol. The number of aryl methyl sites for hydroxylation is 1. The maximum atomic E-state index is 12.8. The molecule has 0 bridgehead atoms. The van der Waals surface area contributed by atoms with E-state index in [1.54, 1.807) is 25.6 Å². The van der Waals surface area contributed by atoms with E-state index in [9.17, 15) is 4.79 Å². The maximum absolute atomic E-state index is 12.8. The SMILES string of the molecule is COc1cccc(C)c1C(=O)N1CCN(c2ncccn2)CC1. The summed E-state index contributed by atoms with van der Waals surface area (Å²) >= 11 is 0. The van der Waals surface area contributed by atoms with Gasteiger partial charge >= 0.3 is 0 Å². The van der Waals surface area contributed by atoms with Crippen molar-refractivity contribution in [2.75, 3.05) is 38.2 Å². The molecule has 1 aliphatic rings. The molecule has 6 nitrogen and oxygen atoms in total. The summed E-state index contributed by atoms with van der Waals surface area (Å²) in [6.07, 6.45) is 3.47. The van der Waals surface area contributed by atoms with Gasteiger partial charge in [-0.1, -0.05) is 12.1 Å². The van der Waals surface area contributed by atoms with E-state index >= 15 is 0 Å². The smallest absolute Gasteiger partial charge is 0.258 e. The molecule has 1 aliphatic heterocycles. The number of amides is 1. The van der Waals surface area contributed by atoms with Crippen LogP contribution in [0.3, 0.4) is 0 Å². The molecule has 1 fully saturated rings. The van der Waals surface area contributed by atoms with Gasteiger partial charge in [-0.2, -0.15) is 0 Å². The third-order valence-electron chi connectivity index (χ3n) is 4.07. The van der Waals surface area contributed by atoms with E-state index in [-0.39, 0.29) is 5.91 Å². The Bertz CT molecular complexity index is 682. The van der Waals surface area contributed by atoms with Gasteiger partial charge in [0.2, 0.25) is 5.95 Å². The van der Waals surface area contributed by atoms with Crippen molar-refractivity contribution in [3.63, 3.8) is 0 Å². The number of benzene rings is 1. The molecule has 1 aromatic heterocycles. The predicted molar refractivity (Wildman–Crippen MR) is 87.9 cm³/mol. The topological polar surface area (TPSA) is 58.6 Å². The van der Waals surface area contributed by atoms with Gasteiger partial charge in [-0.3, -0.25) is 4.79 Å². The fraction of sp³-hybridized carbons (Fsp3) is 0.353. The van der Waals surface area contributed by atoms with Crippen molar-refractivity contribution < 1.29 is 9.53 Å². The van der Waals surface area contributed by atoms with Gasteiger partial charge in [0.1, 0.15) is 5.75 Å². The highest BCUT2D eigenvalue weighted by atomic mass is 16.5. The summed E-state index contributed by atoms with van der Waals surface area (Å²) in [7, 11) is 1.59. The van der Waals surface area contributed by atoms with Gasteiger partial charge in [-0.25, -0.2) is 9.97 Å². The average Bonchev–Trinajstić information content (AvgIpc) is 2.62. The summed E-state index contributed by atoms with van der Waals surface area (Å²) in [5.74, 6) is 1.37. The highest BCUT2D eigenvalue weighted by Crippen LogP contribution is 2.24. The van der Waals surface area contributed by atoms with Crippen LogP contribution in [0.5, 0.6) is 5.75 Å². The minimum Gasteiger partial charge on any atom is -0.496 e. The molecule has 0 N–H and O–H groups in total. The third-order valence-corrected chi connectivity index (χ3v) is 4.07. The zero-order valence-electron chi connectivity index (χ0n) is 13.4. The Morgan fingerprint density at radius 3 is 2.43 bits per heavy atom. The largest absolute Gasteiger partial charge is 0.496 e. The number of anilines is 1. The fourth-order valence-corrected chi connectivity index (χ4v) is 2.81. The predicted octanol–water partition coefficient (Wildman–Crippen LogP) is 1.76. The van der Waals surface area contributed by atoms with Crippen LogP contribution in [-0.4, -0.2) is 54.1 Å². The Labute approximate surface area is 135 Å². The molecule has 1 aromatic carbocycles. The lowest BCUT2D eigenvalue weighted by Gasteiger charge is -2.35. The number of carbonyl (C=O) groups is 1. The van der Waals surface area contributed by atoms with E-state index in [0.717, 1.165) is 18.7 Å². The summed E-state index contributed by atoms with van der Waals surface area (Å²) in [5.41, 5.74) is 1.59. The average molecular weight is 312 g/mol. The molecule has 3 rings (SSSR count). The van der Waals surface area contributed by atoms with Crippen LogP contribution < -0.4 is 9.64 Å². The van der Waals surface area contributed by atoms with Crippen molar-refractivity contribution in [3.05, 3.63) is 47.8 Å². The molecule has 6 heteroatoms. The van der Waals surface area contributed by atoms with Gasteiger partial charge in [-0.15, -0.1) is 0 Å². The summed E-state index contributed by atoms with van der Waals surface area (Å²) in [6, 6.07) is 7.46. The molecule has 0 aliphatic carbocycles. The molecule has 120 valence electrons. The molecule has 2 aromatic rings. The van der Waals surface area contributed by atoms with E-state index in [1.165, 1.54) is 0 Å². The summed E-state index contributed by atoms with van der Waals surface area (Å²) in [4.78, 5) is 25.3. The van der Waals surface area contributed by atoms with Crippen molar-refractivity contribution in [1.82, 2.24) is 14.9 Å². The van der Waals surface area contributed by atoms with Crippen LogP contribution in [0.25, 0.3) is 0 Å². The second-order valence-electron chi connectivity index (χ2n) is 5.48. The van der Waals surface area contributed by atoms with Crippen LogP contribution in [0.2, 0.25) is 0 Å². The lowest BCUT2D eigenvalue weighted by atomic mass is 10.1. The summed E-state index contributed by atoms with van der Waals surface area (Å²) in [5, 5.41) is 0. The molecule has 23 heavy (non-hydrogen) atoms. The van der Waals surface area contributed by atoms with Crippen LogP contribution in [-0.2, 0) is 0 Å². The van der Waals surface area contributed by atoms with Crippen molar-refractivity contribution >= 4 is 11.9 Å². The van der Waals surface area contributed by atoms with Crippen molar-refractivity contribution in [1.29, 1.82) is 0 Å². The molecule has 0 atom stereocenters. The Morgan fingerprint density at radius 1 is 1.09 bits per heavy atom. The quantitative estimate of drug-likeness (QED) is 0.864. The first-order valence-corrected chi connectivity index (χ1v) is 7.65. The molecule has 2 heterocycles. The molecular weight excluding hydrogens is 292 g/mol. The number of aromatic nitrogens is 2. The van der Waals surface area contributed by atoms with Crippen LogP contribution in [0.4, 0.5) is 5.95 Å². The molecule has 0 unspecified atom stereocenters. The number of carbonyl (C=O) groups excluding carboxylic acids is 1. The van der Waals surface area contributed by atoms with E-state index < -0.39 is 0 Å². The van der Waals surface area contributed by atoms with E-state index in [1.807, 2.05) is 30.0 Å². The minimum atomic E-state index is 0.0218. The van der Waals surface area contributed by atoms with Crippen LogP contribution in [0, 0.1) is 6.92 Å².